The van der Waals surface area contributed by atoms with Gasteiger partial charge in [-0.2, -0.15) is 0 Å². The summed E-state index contributed by atoms with van der Waals surface area (Å²) in [6.45, 7) is 0. The van der Waals surface area contributed by atoms with Gasteiger partial charge in [0, 0.05) is 97.4 Å². The third-order valence-corrected chi connectivity index (χ3v) is 10.9. The Bertz CT molecular complexity index is 1340. The smallest absolute Gasteiger partial charge is 0.0462 e. The van der Waals surface area contributed by atoms with Gasteiger partial charge in [0.2, 0.25) is 0 Å². The highest BCUT2D eigenvalue weighted by Crippen LogP contribution is 2.38. The predicted octanol–water partition coefficient (Wildman–Crippen LogP) is 5.67. The first-order chi connectivity index (χ1) is 18.9. The Hall–Kier alpha value is -3.98. The monoisotopic (exact) mass is 536 g/mol. The molecule has 6 aromatic rings. The lowest BCUT2D eigenvalue weighted by Crippen LogP contribution is -2.20. The largest absolute Gasteiger partial charge is 0.380 e. The molecule has 6 rings (SSSR count). The van der Waals surface area contributed by atoms with E-state index in [1.807, 2.05) is 24.8 Å². The number of rotatable bonds is 11. The first kappa shape index (κ1) is 24.4. The van der Waals surface area contributed by atoms with Crippen LogP contribution in [0.25, 0.3) is 11.1 Å². The van der Waals surface area contributed by atoms with Gasteiger partial charge in [-0.25, -0.2) is 0 Å². The number of H-pyrrole nitrogens is 4. The Balaban J connectivity index is 1.25. The maximum Gasteiger partial charge on any atom is 0.0462 e. The highest BCUT2D eigenvalue weighted by molar-refractivity contribution is 7.73. The van der Waals surface area contributed by atoms with E-state index in [9.17, 15) is 0 Å². The van der Waals surface area contributed by atoms with Crippen molar-refractivity contribution in [1.29, 1.82) is 0 Å². The normalized spacial score (nSPS) is 11.3. The third-order valence-electron chi connectivity index (χ3n) is 6.49. The van der Waals surface area contributed by atoms with Gasteiger partial charge in [0.25, 0.3) is 0 Å². The lowest BCUT2D eigenvalue weighted by atomic mass is 10.0. The summed E-state index contributed by atoms with van der Waals surface area (Å²) in [7, 11) is -1.18. The van der Waals surface area contributed by atoms with Crippen LogP contribution in [0, 0.1) is 0 Å². The average molecular weight is 537 g/mol. The van der Waals surface area contributed by atoms with E-state index >= 15 is 0 Å². The Morgan fingerprint density at radius 1 is 0.421 bits per heavy atom. The van der Waals surface area contributed by atoms with Gasteiger partial charge in [0.15, 0.2) is 0 Å². The molecule has 0 amide bonds. The number of benzene rings is 2. The second kappa shape index (κ2) is 11.6. The molecule has 0 saturated carbocycles. The van der Waals surface area contributed by atoms with Crippen LogP contribution in [0.2, 0.25) is 0 Å². The molecule has 4 heterocycles. The van der Waals surface area contributed by atoms with Crippen LogP contribution in [0.15, 0.2) is 122 Å². The fourth-order valence-electron chi connectivity index (χ4n) is 4.63. The lowest BCUT2D eigenvalue weighted by Gasteiger charge is -2.21. The zero-order chi connectivity index (χ0) is 25.6. The lowest BCUT2D eigenvalue weighted by molar-refractivity contribution is 1.39. The first-order valence-electron chi connectivity index (χ1n) is 12.6. The average Bonchev–Trinajstić information content (AvgIpc) is 3.78. The molecule has 2 aromatic carbocycles. The summed E-state index contributed by atoms with van der Waals surface area (Å²) < 4.78 is 0. The van der Waals surface area contributed by atoms with Crippen LogP contribution in [0.5, 0.6) is 0 Å². The van der Waals surface area contributed by atoms with Gasteiger partial charge in [-0.1, -0.05) is 36.4 Å². The van der Waals surface area contributed by atoms with E-state index in [4.69, 9.17) is 0 Å². The molecule has 0 atom stereocenters. The van der Waals surface area contributed by atoms with Crippen molar-refractivity contribution < 1.29 is 0 Å². The zero-order valence-corrected chi connectivity index (χ0v) is 22.6. The molecular weight excluding hydrogens is 506 g/mol. The van der Waals surface area contributed by atoms with E-state index < -0.39 is 15.8 Å². The number of para-hydroxylation sites is 2. The van der Waals surface area contributed by atoms with Gasteiger partial charge in [-0.05, 0) is 60.7 Å². The number of hydrogen-bond donors (Lipinski definition) is 6. The summed E-state index contributed by atoms with van der Waals surface area (Å²) in [4.78, 5) is 13.7. The van der Waals surface area contributed by atoms with Crippen molar-refractivity contribution in [3.8, 4) is 11.1 Å². The van der Waals surface area contributed by atoms with E-state index in [2.05, 4.69) is 128 Å². The Labute approximate surface area is 224 Å². The maximum absolute atomic E-state index is 3.78. The molecule has 0 radical (unpaired) electrons. The maximum atomic E-state index is 3.78. The van der Waals surface area contributed by atoms with Crippen molar-refractivity contribution in [2.75, 3.05) is 23.2 Å². The molecule has 0 aliphatic rings. The highest BCUT2D eigenvalue weighted by atomic mass is 31.1. The standard InChI is InChI=1S/C30H30N6P2/c1-3-11-25(35-21-37(27-13-5-17-31-27)28-14-6-18-32-28)23(9-1)24-10-2-4-12-26(24)36-22-38(29-15-7-19-33-29)30-16-8-20-34-30/h1-20,31-36H,21-22H2. The number of aromatic amines is 4. The fourth-order valence-corrected chi connectivity index (χ4v) is 8.47. The van der Waals surface area contributed by atoms with Crippen molar-refractivity contribution in [2.45, 2.75) is 0 Å². The summed E-state index contributed by atoms with van der Waals surface area (Å²) >= 11 is 0. The summed E-state index contributed by atoms with van der Waals surface area (Å²) in [5.41, 5.74) is 9.62. The SMILES string of the molecule is c1c[nH]c(P(CNc2ccccc2-c2ccccc2NCP(c2ccc[nH]2)c2ccc[nH]2)c2ccc[nH]2)c1. The zero-order valence-electron chi connectivity index (χ0n) is 20.9. The highest BCUT2D eigenvalue weighted by Gasteiger charge is 2.19. The molecule has 6 N–H and O–H groups in total. The summed E-state index contributed by atoms with van der Waals surface area (Å²) in [6, 6.07) is 34.1. The minimum absolute atomic E-state index is 0.589. The van der Waals surface area contributed by atoms with Gasteiger partial charge in [-0.3, -0.25) is 0 Å². The predicted molar refractivity (Wildman–Crippen MR) is 164 cm³/mol. The minimum Gasteiger partial charge on any atom is -0.380 e. The number of nitrogens with one attached hydrogen (secondary N) is 6. The molecule has 0 bridgehead atoms. The first-order valence-corrected chi connectivity index (χ1v) is 15.7. The molecule has 0 saturated heterocycles. The quantitative estimate of drug-likeness (QED) is 0.121. The Morgan fingerprint density at radius 3 is 1.08 bits per heavy atom. The van der Waals surface area contributed by atoms with Crippen molar-refractivity contribution in [1.82, 2.24) is 19.9 Å². The molecular formula is C30H30N6P2. The van der Waals surface area contributed by atoms with Crippen LogP contribution in [0.3, 0.4) is 0 Å². The van der Waals surface area contributed by atoms with Crippen LogP contribution in [0.1, 0.15) is 0 Å². The number of hydrogen-bond acceptors (Lipinski definition) is 2. The van der Waals surface area contributed by atoms with Gasteiger partial charge in [0.1, 0.15) is 0 Å². The van der Waals surface area contributed by atoms with Gasteiger partial charge in [-0.15, -0.1) is 0 Å². The second-order valence-electron chi connectivity index (χ2n) is 8.84. The summed E-state index contributed by atoms with van der Waals surface area (Å²) in [5, 5.41) is 7.56. The Morgan fingerprint density at radius 2 is 0.763 bits per heavy atom. The van der Waals surface area contributed by atoms with E-state index in [0.717, 1.165) is 23.9 Å². The molecule has 190 valence electrons. The number of aromatic nitrogens is 4. The van der Waals surface area contributed by atoms with Crippen molar-refractivity contribution in [3.05, 3.63) is 122 Å². The molecule has 6 nitrogen and oxygen atoms in total. The molecule has 0 unspecified atom stereocenters. The van der Waals surface area contributed by atoms with E-state index in [1.54, 1.807) is 0 Å². The van der Waals surface area contributed by atoms with Crippen LogP contribution in [-0.4, -0.2) is 32.5 Å². The molecule has 8 heteroatoms. The van der Waals surface area contributed by atoms with Crippen LogP contribution >= 0.6 is 15.8 Å². The van der Waals surface area contributed by atoms with E-state index in [1.165, 1.54) is 32.9 Å². The fraction of sp³-hybridized carbons (Fsp3) is 0.0667. The minimum atomic E-state index is -0.589. The van der Waals surface area contributed by atoms with Crippen LogP contribution in [0.4, 0.5) is 11.4 Å². The molecule has 0 spiro atoms. The van der Waals surface area contributed by atoms with Crippen molar-refractivity contribution >= 4 is 49.0 Å². The number of anilines is 2. The topological polar surface area (TPSA) is 87.2 Å². The van der Waals surface area contributed by atoms with Crippen LogP contribution in [-0.2, 0) is 0 Å². The molecule has 0 aliphatic carbocycles. The van der Waals surface area contributed by atoms with Gasteiger partial charge in [0.05, 0.1) is 0 Å². The van der Waals surface area contributed by atoms with E-state index in [-0.39, 0.29) is 0 Å². The third kappa shape index (κ3) is 5.33. The summed E-state index contributed by atoms with van der Waals surface area (Å²) in [6.07, 6.45) is 9.65. The Kier molecular flexibility index (Phi) is 7.44. The second-order valence-corrected chi connectivity index (χ2v) is 13.1. The van der Waals surface area contributed by atoms with Gasteiger partial charge < -0.3 is 30.6 Å². The van der Waals surface area contributed by atoms with Crippen molar-refractivity contribution in [3.63, 3.8) is 0 Å². The van der Waals surface area contributed by atoms with Crippen LogP contribution < -0.4 is 32.4 Å². The van der Waals surface area contributed by atoms with E-state index in [0.29, 0.717) is 0 Å². The molecule has 38 heavy (non-hydrogen) atoms. The summed E-state index contributed by atoms with van der Waals surface area (Å²) in [5.74, 6) is 0. The van der Waals surface area contributed by atoms with Crippen molar-refractivity contribution in [2.24, 2.45) is 0 Å². The van der Waals surface area contributed by atoms with Gasteiger partial charge >= 0.3 is 0 Å². The molecule has 0 fully saturated rings. The molecule has 0 aliphatic heterocycles. The molecule has 4 aromatic heterocycles.